The van der Waals surface area contributed by atoms with Crippen molar-refractivity contribution in [2.45, 2.75) is 17.9 Å². The smallest absolute Gasteiger partial charge is 0.324 e. The highest BCUT2D eigenvalue weighted by molar-refractivity contribution is 7.89. The van der Waals surface area contributed by atoms with Gasteiger partial charge < -0.3 is 10.1 Å². The second kappa shape index (κ2) is 9.36. The minimum absolute atomic E-state index is 0.0433. The van der Waals surface area contributed by atoms with Crippen LogP contribution in [0.4, 0.5) is 5.00 Å². The summed E-state index contributed by atoms with van der Waals surface area (Å²) in [5, 5.41) is 13.5. The van der Waals surface area contributed by atoms with Crippen molar-refractivity contribution in [1.29, 1.82) is 5.26 Å². The summed E-state index contributed by atoms with van der Waals surface area (Å²) in [7, 11) is -4.06. The first-order chi connectivity index (χ1) is 13.1. The molecule has 0 fully saturated rings. The number of amides is 1. The third-order valence-electron chi connectivity index (χ3n) is 3.27. The molecular weight excluding hydrogens is 449 g/mol. The van der Waals surface area contributed by atoms with Crippen LogP contribution in [0.25, 0.3) is 0 Å². The molecule has 0 aliphatic rings. The van der Waals surface area contributed by atoms with E-state index in [4.69, 9.17) is 33.2 Å². The second-order valence-electron chi connectivity index (χ2n) is 5.35. The van der Waals surface area contributed by atoms with Gasteiger partial charge >= 0.3 is 5.97 Å². The van der Waals surface area contributed by atoms with Crippen LogP contribution in [0.3, 0.4) is 0 Å². The van der Waals surface area contributed by atoms with Crippen LogP contribution < -0.4 is 10.0 Å². The highest BCUT2D eigenvalue weighted by Crippen LogP contribution is 2.25. The Morgan fingerprint density at radius 2 is 2.00 bits per heavy atom. The summed E-state index contributed by atoms with van der Waals surface area (Å²) in [5.41, 5.74) is 0.285. The van der Waals surface area contributed by atoms with E-state index in [0.29, 0.717) is 5.00 Å². The molecule has 0 spiro atoms. The fourth-order valence-corrected chi connectivity index (χ4v) is 4.25. The van der Waals surface area contributed by atoms with E-state index < -0.39 is 34.5 Å². The number of benzene rings is 1. The van der Waals surface area contributed by atoms with Gasteiger partial charge in [0, 0.05) is 0 Å². The number of halogens is 2. The van der Waals surface area contributed by atoms with Gasteiger partial charge in [-0.25, -0.2) is 8.42 Å². The average Bonchev–Trinajstić information content (AvgIpc) is 3.08. The summed E-state index contributed by atoms with van der Waals surface area (Å²) in [6.07, 6.45) is 0. The average molecular weight is 462 g/mol. The van der Waals surface area contributed by atoms with Crippen molar-refractivity contribution in [3.05, 3.63) is 45.3 Å². The minimum Gasteiger partial charge on any atom is -0.454 e. The lowest BCUT2D eigenvalue weighted by molar-refractivity contribution is -0.148. The first-order valence-electron chi connectivity index (χ1n) is 7.55. The standard InChI is InChI=1S/C16H13Cl2N3O5S2/c1-9(21-28(24,25)11-2-3-12(17)13(18)6-11)16(23)26-8-14(22)20-15-10(7-19)4-5-27-15/h2-6,9,21H,8H2,1H3,(H,20,22)/t9-/m0/s1. The molecular formula is C16H13Cl2N3O5S2. The van der Waals surface area contributed by atoms with E-state index in [2.05, 4.69) is 10.0 Å². The van der Waals surface area contributed by atoms with Gasteiger partial charge in [0.05, 0.1) is 20.5 Å². The van der Waals surface area contributed by atoms with Crippen molar-refractivity contribution in [1.82, 2.24) is 4.72 Å². The van der Waals surface area contributed by atoms with Crippen LogP contribution in [0.2, 0.25) is 10.0 Å². The number of nitriles is 1. The van der Waals surface area contributed by atoms with E-state index in [1.165, 1.54) is 25.1 Å². The molecule has 2 rings (SSSR count). The van der Waals surface area contributed by atoms with E-state index in [9.17, 15) is 18.0 Å². The molecule has 0 radical (unpaired) electrons. The molecule has 12 heteroatoms. The Bertz CT molecular complexity index is 1050. The number of carbonyl (C=O) groups is 2. The lowest BCUT2D eigenvalue weighted by Gasteiger charge is -2.14. The zero-order valence-electron chi connectivity index (χ0n) is 14.2. The molecule has 1 aromatic carbocycles. The zero-order valence-corrected chi connectivity index (χ0v) is 17.4. The van der Waals surface area contributed by atoms with Gasteiger partial charge in [-0.15, -0.1) is 11.3 Å². The number of thiophene rings is 1. The third-order valence-corrected chi connectivity index (χ3v) is 6.38. The third kappa shape index (κ3) is 5.67. The molecule has 1 heterocycles. The highest BCUT2D eigenvalue weighted by atomic mass is 35.5. The summed E-state index contributed by atoms with van der Waals surface area (Å²) in [6.45, 7) is 0.628. The number of nitrogens with zero attached hydrogens (tertiary/aromatic N) is 1. The van der Waals surface area contributed by atoms with E-state index in [1.807, 2.05) is 6.07 Å². The molecule has 1 amide bonds. The Hall–Kier alpha value is -2.16. The molecule has 0 bridgehead atoms. The number of carbonyl (C=O) groups excluding carboxylic acids is 2. The summed E-state index contributed by atoms with van der Waals surface area (Å²) >= 11 is 12.7. The number of esters is 1. The van der Waals surface area contributed by atoms with Gasteiger partial charge in [0.1, 0.15) is 17.1 Å². The largest absolute Gasteiger partial charge is 0.454 e. The normalized spacial score (nSPS) is 12.1. The van der Waals surface area contributed by atoms with Crippen LogP contribution in [0.15, 0.2) is 34.5 Å². The van der Waals surface area contributed by atoms with Crippen LogP contribution in [0.1, 0.15) is 12.5 Å². The SMILES string of the molecule is C[C@H](NS(=O)(=O)c1ccc(Cl)c(Cl)c1)C(=O)OCC(=O)Nc1sccc1C#N. The van der Waals surface area contributed by atoms with E-state index in [-0.39, 0.29) is 20.5 Å². The Morgan fingerprint density at radius 1 is 1.29 bits per heavy atom. The summed E-state index contributed by atoms with van der Waals surface area (Å²) < 4.78 is 31.5. The lowest BCUT2D eigenvalue weighted by Crippen LogP contribution is -2.40. The zero-order chi connectivity index (χ0) is 20.9. The molecule has 0 saturated carbocycles. The van der Waals surface area contributed by atoms with Gasteiger partial charge in [0.2, 0.25) is 10.0 Å². The molecule has 0 aliphatic heterocycles. The minimum atomic E-state index is -4.06. The van der Waals surface area contributed by atoms with E-state index in [0.717, 1.165) is 17.4 Å². The first kappa shape index (κ1) is 22.1. The van der Waals surface area contributed by atoms with Crippen LogP contribution in [0.5, 0.6) is 0 Å². The monoisotopic (exact) mass is 461 g/mol. The Labute approximate surface area is 175 Å². The van der Waals surface area contributed by atoms with Crippen molar-refractivity contribution < 1.29 is 22.7 Å². The van der Waals surface area contributed by atoms with Gasteiger partial charge in [-0.2, -0.15) is 9.98 Å². The van der Waals surface area contributed by atoms with Crippen molar-refractivity contribution in [3.63, 3.8) is 0 Å². The van der Waals surface area contributed by atoms with Crippen LogP contribution in [-0.4, -0.2) is 32.9 Å². The van der Waals surface area contributed by atoms with Gasteiger partial charge in [0.25, 0.3) is 5.91 Å². The fourth-order valence-electron chi connectivity index (χ4n) is 1.91. The molecule has 28 heavy (non-hydrogen) atoms. The van der Waals surface area contributed by atoms with Crippen LogP contribution in [0, 0.1) is 11.3 Å². The first-order valence-corrected chi connectivity index (χ1v) is 10.7. The number of hydrogen-bond donors (Lipinski definition) is 2. The number of nitrogens with one attached hydrogen (secondary N) is 2. The Balaban J connectivity index is 1.92. The van der Waals surface area contributed by atoms with Crippen molar-refractivity contribution in [2.24, 2.45) is 0 Å². The molecule has 2 N–H and O–H groups in total. The van der Waals surface area contributed by atoms with Crippen molar-refractivity contribution in [3.8, 4) is 6.07 Å². The summed E-state index contributed by atoms with van der Waals surface area (Å²) in [4.78, 5) is 23.6. The quantitative estimate of drug-likeness (QED) is 0.610. The number of sulfonamides is 1. The summed E-state index contributed by atoms with van der Waals surface area (Å²) in [6, 6.07) is 5.87. The fraction of sp³-hybridized carbons (Fsp3) is 0.188. The highest BCUT2D eigenvalue weighted by Gasteiger charge is 2.24. The molecule has 2 aromatic rings. The van der Waals surface area contributed by atoms with E-state index >= 15 is 0 Å². The van der Waals surface area contributed by atoms with Crippen molar-refractivity contribution in [2.75, 3.05) is 11.9 Å². The predicted octanol–water partition coefficient (Wildman–Crippen LogP) is 2.78. The molecule has 1 aromatic heterocycles. The Kier molecular flexibility index (Phi) is 7.40. The van der Waals surface area contributed by atoms with Gasteiger partial charge in [-0.1, -0.05) is 23.2 Å². The maximum atomic E-state index is 12.3. The van der Waals surface area contributed by atoms with E-state index in [1.54, 1.807) is 5.38 Å². The maximum absolute atomic E-state index is 12.3. The molecule has 8 nitrogen and oxygen atoms in total. The van der Waals surface area contributed by atoms with Crippen LogP contribution in [-0.2, 0) is 24.3 Å². The molecule has 0 aliphatic carbocycles. The van der Waals surface area contributed by atoms with Crippen molar-refractivity contribution >= 4 is 61.4 Å². The van der Waals surface area contributed by atoms with Gasteiger partial charge in [-0.3, -0.25) is 9.59 Å². The molecule has 148 valence electrons. The lowest BCUT2D eigenvalue weighted by atomic mass is 10.3. The van der Waals surface area contributed by atoms with Gasteiger partial charge in [0.15, 0.2) is 6.61 Å². The molecule has 0 unspecified atom stereocenters. The van der Waals surface area contributed by atoms with Crippen LogP contribution >= 0.6 is 34.5 Å². The number of ether oxygens (including phenoxy) is 1. The number of hydrogen-bond acceptors (Lipinski definition) is 7. The molecule has 0 saturated heterocycles. The predicted molar refractivity (Wildman–Crippen MR) is 105 cm³/mol. The summed E-state index contributed by atoms with van der Waals surface area (Å²) in [5.74, 6) is -1.61. The number of anilines is 1. The Morgan fingerprint density at radius 3 is 2.64 bits per heavy atom. The topological polar surface area (TPSA) is 125 Å². The molecule has 1 atom stereocenters. The second-order valence-corrected chi connectivity index (χ2v) is 8.79. The number of rotatable bonds is 7. The maximum Gasteiger partial charge on any atom is 0.324 e. The van der Waals surface area contributed by atoms with Gasteiger partial charge in [-0.05, 0) is 36.6 Å².